The number of nitrogens with zero attached hydrogens (tertiary/aromatic N) is 2. The van der Waals surface area contributed by atoms with E-state index in [1.807, 2.05) is 26.8 Å². The van der Waals surface area contributed by atoms with E-state index in [0.717, 1.165) is 11.1 Å². The second-order valence-electron chi connectivity index (χ2n) is 6.25. The lowest BCUT2D eigenvalue weighted by atomic mass is 10.1. The maximum absolute atomic E-state index is 11.7. The van der Waals surface area contributed by atoms with E-state index in [-0.39, 0.29) is 12.5 Å². The predicted molar refractivity (Wildman–Crippen MR) is 84.1 cm³/mol. The van der Waals surface area contributed by atoms with Crippen molar-refractivity contribution in [1.82, 2.24) is 9.88 Å². The highest BCUT2D eigenvalue weighted by Crippen LogP contribution is 2.19. The van der Waals surface area contributed by atoms with E-state index in [2.05, 4.69) is 10.3 Å². The van der Waals surface area contributed by atoms with Crippen molar-refractivity contribution < 1.29 is 14.3 Å². The zero-order valence-corrected chi connectivity index (χ0v) is 13.3. The van der Waals surface area contributed by atoms with Gasteiger partial charge in [-0.05, 0) is 38.5 Å². The maximum Gasteiger partial charge on any atom is 0.331 e. The van der Waals surface area contributed by atoms with Gasteiger partial charge >= 0.3 is 5.97 Å². The summed E-state index contributed by atoms with van der Waals surface area (Å²) >= 11 is 0. The molecule has 0 aromatic carbocycles. The Labute approximate surface area is 130 Å². The fraction of sp³-hybridized carbons (Fsp3) is 0.438. The molecule has 0 saturated heterocycles. The van der Waals surface area contributed by atoms with Crippen molar-refractivity contribution in [2.75, 3.05) is 18.9 Å². The number of carbonyl (C=O) groups excluding carboxylic acids is 2. The first-order valence-electron chi connectivity index (χ1n) is 7.12. The molecule has 2 rings (SSSR count). The lowest BCUT2D eigenvalue weighted by Gasteiger charge is -2.17. The summed E-state index contributed by atoms with van der Waals surface area (Å²) < 4.78 is 5.21. The molecule has 1 aromatic rings. The van der Waals surface area contributed by atoms with Crippen LogP contribution < -0.4 is 5.32 Å². The Morgan fingerprint density at radius 1 is 1.45 bits per heavy atom. The van der Waals surface area contributed by atoms with Crippen LogP contribution in [0, 0.1) is 0 Å². The van der Waals surface area contributed by atoms with Crippen molar-refractivity contribution in [3.63, 3.8) is 0 Å². The SMILES string of the molecule is CN1Cc2cc(/C=C/C(=O)OC(C)(C)C)cnc2NCC1=O. The number of ether oxygens (including phenoxy) is 1. The summed E-state index contributed by atoms with van der Waals surface area (Å²) in [6.45, 7) is 6.19. The normalized spacial score (nSPS) is 15.3. The van der Waals surface area contributed by atoms with Crippen LogP contribution in [0.25, 0.3) is 6.08 Å². The van der Waals surface area contributed by atoms with Crippen molar-refractivity contribution in [1.29, 1.82) is 0 Å². The molecular formula is C16H21N3O3. The number of aromatic nitrogens is 1. The molecule has 1 aliphatic rings. The highest BCUT2D eigenvalue weighted by molar-refractivity contribution is 5.87. The van der Waals surface area contributed by atoms with Crippen molar-refractivity contribution in [2.45, 2.75) is 32.9 Å². The van der Waals surface area contributed by atoms with E-state index in [0.29, 0.717) is 12.4 Å². The predicted octanol–water partition coefficient (Wildman–Crippen LogP) is 1.82. The third-order valence-electron chi connectivity index (χ3n) is 3.05. The molecular weight excluding hydrogens is 282 g/mol. The molecule has 2 heterocycles. The smallest absolute Gasteiger partial charge is 0.331 e. The molecule has 118 valence electrons. The number of fused-ring (bicyclic) bond motifs is 1. The monoisotopic (exact) mass is 303 g/mol. The van der Waals surface area contributed by atoms with E-state index in [1.54, 1.807) is 24.2 Å². The Kier molecular flexibility index (Phi) is 4.49. The number of nitrogens with one attached hydrogen (secondary N) is 1. The fourth-order valence-electron chi connectivity index (χ4n) is 2.04. The Morgan fingerprint density at radius 2 is 2.18 bits per heavy atom. The van der Waals surface area contributed by atoms with Crippen LogP contribution in [0.2, 0.25) is 0 Å². The molecule has 1 amide bonds. The summed E-state index contributed by atoms with van der Waals surface area (Å²) in [4.78, 5) is 29.3. The van der Waals surface area contributed by atoms with Crippen LogP contribution in [0.1, 0.15) is 31.9 Å². The number of likely N-dealkylation sites (N-methyl/N-ethyl adjacent to an activating group) is 1. The minimum Gasteiger partial charge on any atom is -0.457 e. The summed E-state index contributed by atoms with van der Waals surface area (Å²) in [6.07, 6.45) is 4.70. The van der Waals surface area contributed by atoms with Gasteiger partial charge in [0.2, 0.25) is 5.91 Å². The first kappa shape index (κ1) is 16.0. The number of pyridine rings is 1. The molecule has 1 aromatic heterocycles. The molecule has 1 aliphatic heterocycles. The number of carbonyl (C=O) groups is 2. The van der Waals surface area contributed by atoms with Crippen LogP contribution >= 0.6 is 0 Å². The van der Waals surface area contributed by atoms with Gasteiger partial charge in [-0.25, -0.2) is 9.78 Å². The van der Waals surface area contributed by atoms with E-state index in [9.17, 15) is 9.59 Å². The first-order chi connectivity index (χ1) is 10.2. The zero-order chi connectivity index (χ0) is 16.3. The van der Waals surface area contributed by atoms with Gasteiger partial charge in [-0.2, -0.15) is 0 Å². The summed E-state index contributed by atoms with van der Waals surface area (Å²) in [6, 6.07) is 1.91. The van der Waals surface area contributed by atoms with Gasteiger partial charge in [0.05, 0.1) is 6.54 Å². The van der Waals surface area contributed by atoms with Crippen molar-refractivity contribution in [3.05, 3.63) is 29.5 Å². The van der Waals surface area contributed by atoms with Gasteiger partial charge in [0, 0.05) is 31.4 Å². The van der Waals surface area contributed by atoms with Crippen LogP contribution in [-0.4, -0.2) is 41.0 Å². The van der Waals surface area contributed by atoms with E-state index in [4.69, 9.17) is 4.74 Å². The third kappa shape index (κ3) is 4.31. The van der Waals surface area contributed by atoms with Gasteiger partial charge in [0.1, 0.15) is 11.4 Å². The van der Waals surface area contributed by atoms with E-state index in [1.165, 1.54) is 6.08 Å². The lowest BCUT2D eigenvalue weighted by molar-refractivity contribution is -0.148. The van der Waals surface area contributed by atoms with Crippen molar-refractivity contribution >= 4 is 23.8 Å². The lowest BCUT2D eigenvalue weighted by Crippen LogP contribution is -2.28. The summed E-state index contributed by atoms with van der Waals surface area (Å²) in [5.41, 5.74) is 1.19. The quantitative estimate of drug-likeness (QED) is 0.666. The Hall–Kier alpha value is -2.37. The molecule has 1 N–H and O–H groups in total. The number of amides is 1. The Morgan fingerprint density at radius 3 is 2.86 bits per heavy atom. The highest BCUT2D eigenvalue weighted by Gasteiger charge is 2.18. The molecule has 0 atom stereocenters. The topological polar surface area (TPSA) is 71.5 Å². The number of rotatable bonds is 2. The average molecular weight is 303 g/mol. The van der Waals surface area contributed by atoms with Crippen LogP contribution in [0.5, 0.6) is 0 Å². The molecule has 0 bridgehead atoms. The van der Waals surface area contributed by atoms with Crippen LogP contribution in [0.4, 0.5) is 5.82 Å². The van der Waals surface area contributed by atoms with Gasteiger partial charge in [-0.3, -0.25) is 4.79 Å². The molecule has 6 nitrogen and oxygen atoms in total. The number of hydrogen-bond donors (Lipinski definition) is 1. The number of anilines is 1. The third-order valence-corrected chi connectivity index (χ3v) is 3.05. The molecule has 0 saturated carbocycles. The van der Waals surface area contributed by atoms with Gasteiger partial charge in [0.25, 0.3) is 0 Å². The summed E-state index contributed by atoms with van der Waals surface area (Å²) in [7, 11) is 1.75. The minimum absolute atomic E-state index is 0.0175. The number of esters is 1. The second-order valence-corrected chi connectivity index (χ2v) is 6.25. The molecule has 0 radical (unpaired) electrons. The molecule has 0 unspecified atom stereocenters. The van der Waals surface area contributed by atoms with Gasteiger partial charge in [-0.15, -0.1) is 0 Å². The van der Waals surface area contributed by atoms with Crippen LogP contribution in [0.15, 0.2) is 18.3 Å². The molecule has 0 spiro atoms. The van der Waals surface area contributed by atoms with Crippen LogP contribution in [0.3, 0.4) is 0 Å². The van der Waals surface area contributed by atoms with E-state index < -0.39 is 11.6 Å². The van der Waals surface area contributed by atoms with Crippen molar-refractivity contribution in [3.8, 4) is 0 Å². The molecule has 0 fully saturated rings. The molecule has 6 heteroatoms. The average Bonchev–Trinajstić information content (AvgIpc) is 2.54. The fourth-order valence-corrected chi connectivity index (χ4v) is 2.04. The Balaban J connectivity index is 2.13. The van der Waals surface area contributed by atoms with Crippen LogP contribution in [-0.2, 0) is 20.9 Å². The van der Waals surface area contributed by atoms with Gasteiger partial charge in [-0.1, -0.05) is 0 Å². The zero-order valence-electron chi connectivity index (χ0n) is 13.3. The van der Waals surface area contributed by atoms with E-state index >= 15 is 0 Å². The molecule has 22 heavy (non-hydrogen) atoms. The number of hydrogen-bond acceptors (Lipinski definition) is 5. The highest BCUT2D eigenvalue weighted by atomic mass is 16.6. The first-order valence-corrected chi connectivity index (χ1v) is 7.12. The largest absolute Gasteiger partial charge is 0.457 e. The van der Waals surface area contributed by atoms with Gasteiger partial charge in [0.15, 0.2) is 0 Å². The minimum atomic E-state index is -0.513. The van der Waals surface area contributed by atoms with Gasteiger partial charge < -0.3 is 15.0 Å². The standard InChI is InChI=1S/C16H21N3O3/c1-16(2,3)22-14(21)6-5-11-7-12-10-19(4)13(20)9-18-15(12)17-8-11/h5-8H,9-10H2,1-4H3,(H,17,18)/b6-5+. The second kappa shape index (κ2) is 6.17. The molecule has 0 aliphatic carbocycles. The summed E-state index contributed by atoms with van der Waals surface area (Å²) in [5, 5.41) is 3.01. The van der Waals surface area contributed by atoms with Crippen molar-refractivity contribution in [2.24, 2.45) is 0 Å². The summed E-state index contributed by atoms with van der Waals surface area (Å²) in [5.74, 6) is 0.323. The maximum atomic E-state index is 11.7. The Bertz CT molecular complexity index is 618.